The first kappa shape index (κ1) is 14.4. The summed E-state index contributed by atoms with van der Waals surface area (Å²) in [7, 11) is 0. The maximum absolute atomic E-state index is 12.2. The number of hydrogen-bond donors (Lipinski definition) is 2. The number of carbonyl (C=O) groups is 2. The van der Waals surface area contributed by atoms with Crippen LogP contribution in [-0.4, -0.2) is 38.7 Å². The molecule has 1 unspecified atom stereocenters. The molecule has 0 aromatic carbocycles. The highest BCUT2D eigenvalue weighted by atomic mass is 32.2. The van der Waals surface area contributed by atoms with Gasteiger partial charge in [0.1, 0.15) is 6.04 Å². The Kier molecular flexibility index (Phi) is 4.29. The van der Waals surface area contributed by atoms with E-state index in [1.807, 2.05) is 24.6 Å². The largest absolute Gasteiger partial charge is 0.480 e. The molecule has 2 heterocycles. The van der Waals surface area contributed by atoms with E-state index in [1.165, 1.54) is 11.8 Å². The lowest BCUT2D eigenvalue weighted by molar-refractivity contribution is -0.139. The molecule has 2 rings (SSSR count). The lowest BCUT2D eigenvalue weighted by atomic mass is 10.2. The maximum atomic E-state index is 12.2. The monoisotopic (exact) mass is 293 g/mol. The number of hydrogen-bond acceptors (Lipinski definition) is 4. The highest BCUT2D eigenvalue weighted by Crippen LogP contribution is 2.19. The van der Waals surface area contributed by atoms with Crippen molar-refractivity contribution in [1.29, 1.82) is 0 Å². The average molecular weight is 293 g/mol. The molecule has 0 saturated heterocycles. The first-order valence-corrected chi connectivity index (χ1v) is 7.35. The predicted octanol–water partition coefficient (Wildman–Crippen LogP) is 1.65. The summed E-state index contributed by atoms with van der Waals surface area (Å²) in [6.45, 7) is 1.71. The van der Waals surface area contributed by atoms with Crippen LogP contribution in [0.2, 0.25) is 0 Å². The molecule has 106 valence electrons. The minimum atomic E-state index is -1.05. The van der Waals surface area contributed by atoms with E-state index in [2.05, 4.69) is 10.3 Å². The van der Waals surface area contributed by atoms with Crippen LogP contribution in [0.4, 0.5) is 0 Å². The average Bonchev–Trinajstić information content (AvgIpc) is 2.83. The molecule has 0 bridgehead atoms. The summed E-state index contributed by atoms with van der Waals surface area (Å²) in [5.41, 5.74) is 0.907. The minimum Gasteiger partial charge on any atom is -0.480 e. The number of carboxylic acids is 1. The molecule has 1 amide bonds. The standard InChI is InChI=1S/C13H15N3O3S/c1-3-8(12(18)19)14-11(17)10-9-6-4-5-7-16(9)13(15-10)20-2/h4-8H,3H2,1-2H3,(H,14,17)(H,18,19). The highest BCUT2D eigenvalue weighted by Gasteiger charge is 2.22. The molecule has 1 atom stereocenters. The third-order valence-electron chi connectivity index (χ3n) is 2.93. The second kappa shape index (κ2) is 5.96. The quantitative estimate of drug-likeness (QED) is 0.819. The molecule has 20 heavy (non-hydrogen) atoms. The summed E-state index contributed by atoms with van der Waals surface area (Å²) >= 11 is 1.42. The Balaban J connectivity index is 2.37. The van der Waals surface area contributed by atoms with Crippen molar-refractivity contribution >= 4 is 29.2 Å². The lowest BCUT2D eigenvalue weighted by Crippen LogP contribution is -2.40. The zero-order chi connectivity index (χ0) is 14.7. The van der Waals surface area contributed by atoms with E-state index in [4.69, 9.17) is 5.11 Å². The van der Waals surface area contributed by atoms with Crippen molar-refractivity contribution in [2.24, 2.45) is 0 Å². The molecule has 0 spiro atoms. The van der Waals surface area contributed by atoms with Crippen molar-refractivity contribution in [2.45, 2.75) is 24.5 Å². The summed E-state index contributed by atoms with van der Waals surface area (Å²) < 4.78 is 1.81. The number of pyridine rings is 1. The molecule has 2 aromatic heterocycles. The molecule has 7 heteroatoms. The smallest absolute Gasteiger partial charge is 0.326 e. The van der Waals surface area contributed by atoms with E-state index in [0.29, 0.717) is 17.1 Å². The van der Waals surface area contributed by atoms with Crippen molar-refractivity contribution in [2.75, 3.05) is 6.26 Å². The van der Waals surface area contributed by atoms with Gasteiger partial charge in [0.05, 0.1) is 5.52 Å². The van der Waals surface area contributed by atoms with Gasteiger partial charge in [0.25, 0.3) is 5.91 Å². The Bertz CT molecular complexity index is 653. The molecular formula is C13H15N3O3S. The molecular weight excluding hydrogens is 278 g/mol. The van der Waals surface area contributed by atoms with Crippen molar-refractivity contribution in [1.82, 2.24) is 14.7 Å². The number of amides is 1. The third-order valence-corrected chi connectivity index (χ3v) is 3.58. The summed E-state index contributed by atoms with van der Waals surface area (Å²) in [5.74, 6) is -1.52. The summed E-state index contributed by atoms with van der Waals surface area (Å²) in [6, 6.07) is 4.54. The van der Waals surface area contributed by atoms with Crippen LogP contribution in [0, 0.1) is 0 Å². The van der Waals surface area contributed by atoms with Crippen LogP contribution < -0.4 is 5.32 Å². The fraction of sp³-hybridized carbons (Fsp3) is 0.308. The van der Waals surface area contributed by atoms with Crippen molar-refractivity contribution in [3.05, 3.63) is 30.1 Å². The first-order chi connectivity index (χ1) is 9.58. The zero-order valence-electron chi connectivity index (χ0n) is 11.2. The van der Waals surface area contributed by atoms with Gasteiger partial charge in [-0.05, 0) is 24.8 Å². The number of carboxylic acid groups (broad SMARTS) is 1. The molecule has 0 aliphatic rings. The summed E-state index contributed by atoms with van der Waals surface area (Å²) in [4.78, 5) is 27.5. The molecule has 6 nitrogen and oxygen atoms in total. The Morgan fingerprint density at radius 2 is 2.25 bits per heavy atom. The topological polar surface area (TPSA) is 83.7 Å². The van der Waals surface area contributed by atoms with Gasteiger partial charge in [0.15, 0.2) is 10.9 Å². The van der Waals surface area contributed by atoms with Crippen LogP contribution >= 0.6 is 11.8 Å². The summed E-state index contributed by atoms with van der Waals surface area (Å²) in [6.07, 6.45) is 4.01. The third kappa shape index (κ3) is 2.62. The molecule has 0 fully saturated rings. The van der Waals surface area contributed by atoms with Gasteiger partial charge in [-0.25, -0.2) is 9.78 Å². The Labute approximate surface area is 120 Å². The number of aromatic nitrogens is 2. The zero-order valence-corrected chi connectivity index (χ0v) is 12.0. The molecule has 0 aliphatic carbocycles. The maximum Gasteiger partial charge on any atom is 0.326 e. The minimum absolute atomic E-state index is 0.245. The van der Waals surface area contributed by atoms with Crippen LogP contribution in [-0.2, 0) is 4.79 Å². The van der Waals surface area contributed by atoms with Gasteiger partial charge in [-0.3, -0.25) is 9.20 Å². The number of aliphatic carboxylic acids is 1. The van der Waals surface area contributed by atoms with Gasteiger partial charge in [-0.1, -0.05) is 24.8 Å². The number of nitrogens with zero attached hydrogens (tertiary/aromatic N) is 2. The second-order valence-electron chi connectivity index (χ2n) is 4.18. The fourth-order valence-electron chi connectivity index (χ4n) is 1.89. The van der Waals surface area contributed by atoms with E-state index in [0.717, 1.165) is 0 Å². The number of nitrogens with one attached hydrogen (secondary N) is 1. The van der Waals surface area contributed by atoms with E-state index >= 15 is 0 Å². The van der Waals surface area contributed by atoms with Crippen molar-refractivity contribution in [3.8, 4) is 0 Å². The van der Waals surface area contributed by atoms with Gasteiger partial charge in [0.2, 0.25) is 0 Å². The van der Waals surface area contributed by atoms with Crippen LogP contribution in [0.15, 0.2) is 29.6 Å². The highest BCUT2D eigenvalue weighted by molar-refractivity contribution is 7.98. The lowest BCUT2D eigenvalue weighted by Gasteiger charge is -2.10. The SMILES string of the molecule is CCC(NC(=O)c1nc(SC)n2ccccc12)C(=O)O. The molecule has 0 radical (unpaired) electrons. The molecule has 0 aliphatic heterocycles. The first-order valence-electron chi connectivity index (χ1n) is 6.13. The summed E-state index contributed by atoms with van der Waals surface area (Å²) in [5, 5.41) is 12.2. The second-order valence-corrected chi connectivity index (χ2v) is 4.95. The Morgan fingerprint density at radius 3 is 2.85 bits per heavy atom. The Morgan fingerprint density at radius 1 is 1.50 bits per heavy atom. The number of fused-ring (bicyclic) bond motifs is 1. The molecule has 2 aromatic rings. The van der Waals surface area contributed by atoms with Gasteiger partial charge in [0, 0.05) is 6.20 Å². The molecule has 2 N–H and O–H groups in total. The number of rotatable bonds is 5. The van der Waals surface area contributed by atoms with E-state index < -0.39 is 17.9 Å². The Hall–Kier alpha value is -2.02. The molecule has 0 saturated carbocycles. The van der Waals surface area contributed by atoms with Gasteiger partial charge < -0.3 is 10.4 Å². The number of carbonyl (C=O) groups excluding carboxylic acids is 1. The number of thioether (sulfide) groups is 1. The number of imidazole rings is 1. The van der Waals surface area contributed by atoms with Gasteiger partial charge in [-0.15, -0.1) is 0 Å². The van der Waals surface area contributed by atoms with E-state index in [9.17, 15) is 9.59 Å². The van der Waals surface area contributed by atoms with E-state index in [1.54, 1.807) is 17.4 Å². The van der Waals surface area contributed by atoms with E-state index in [-0.39, 0.29) is 5.69 Å². The van der Waals surface area contributed by atoms with Crippen molar-refractivity contribution < 1.29 is 14.7 Å². The van der Waals surface area contributed by atoms with Crippen LogP contribution in [0.5, 0.6) is 0 Å². The van der Waals surface area contributed by atoms with Crippen LogP contribution in [0.25, 0.3) is 5.52 Å². The van der Waals surface area contributed by atoms with Crippen LogP contribution in [0.1, 0.15) is 23.8 Å². The van der Waals surface area contributed by atoms with Gasteiger partial charge in [-0.2, -0.15) is 0 Å². The van der Waals surface area contributed by atoms with Crippen molar-refractivity contribution in [3.63, 3.8) is 0 Å². The normalized spacial score (nSPS) is 12.3. The predicted molar refractivity (Wildman–Crippen MR) is 76.2 cm³/mol. The van der Waals surface area contributed by atoms with Gasteiger partial charge >= 0.3 is 5.97 Å². The van der Waals surface area contributed by atoms with Crippen LogP contribution in [0.3, 0.4) is 0 Å². The fourth-order valence-corrected chi connectivity index (χ4v) is 2.42.